The second-order valence-electron chi connectivity index (χ2n) is 2.69. The molecule has 1 rings (SSSR count). The van der Waals surface area contributed by atoms with Crippen molar-refractivity contribution in [1.82, 2.24) is 0 Å². The third kappa shape index (κ3) is 0.980. The first-order chi connectivity index (χ1) is 3.60. The number of rotatable bonds is 0. The first-order valence-corrected chi connectivity index (χ1v) is 2.78. The molecule has 8 heavy (non-hydrogen) atoms. The van der Waals surface area contributed by atoms with E-state index in [0.717, 1.165) is 18.8 Å². The van der Waals surface area contributed by atoms with Crippen molar-refractivity contribution in [2.75, 3.05) is 20.6 Å². The van der Waals surface area contributed by atoms with Gasteiger partial charge in [-0.05, 0) is 0 Å². The maximum atomic E-state index is 5.44. The summed E-state index contributed by atoms with van der Waals surface area (Å²) >= 11 is 0. The van der Waals surface area contributed by atoms with Gasteiger partial charge in [-0.3, -0.25) is 0 Å². The van der Waals surface area contributed by atoms with E-state index in [-0.39, 0.29) is 0 Å². The highest BCUT2D eigenvalue weighted by atomic mass is 15.6. The van der Waals surface area contributed by atoms with Crippen LogP contribution in [0.25, 0.3) is 0 Å². The predicted octanol–water partition coefficient (Wildman–Crippen LogP) is -0.261. The molecule has 0 bridgehead atoms. The van der Waals surface area contributed by atoms with Crippen LogP contribution in [-0.2, 0) is 0 Å². The van der Waals surface area contributed by atoms with E-state index >= 15 is 0 Å². The number of amidine groups is 1. The average molecular weight is 114 g/mol. The van der Waals surface area contributed by atoms with Crippen LogP contribution in [0.4, 0.5) is 0 Å². The quantitative estimate of drug-likeness (QED) is 0.433. The third-order valence-corrected chi connectivity index (χ3v) is 1.31. The van der Waals surface area contributed by atoms with Crippen LogP contribution in [-0.4, -0.2) is 31.1 Å². The zero-order valence-electron chi connectivity index (χ0n) is 5.39. The summed E-state index contributed by atoms with van der Waals surface area (Å²) in [7, 11) is 4.08. The first kappa shape index (κ1) is 5.56. The number of nitrogens with two attached hydrogens (primary N) is 1. The van der Waals surface area contributed by atoms with Gasteiger partial charge in [0.2, 0.25) is 0 Å². The minimum atomic E-state index is 0.700. The Hall–Kier alpha value is -0.570. The fraction of sp³-hybridized carbons (Fsp3) is 0.800. The molecule has 0 aromatic rings. The van der Waals surface area contributed by atoms with E-state index in [1.54, 1.807) is 0 Å². The van der Waals surface area contributed by atoms with Gasteiger partial charge in [-0.1, -0.05) is 5.10 Å². The Balaban J connectivity index is 2.67. The summed E-state index contributed by atoms with van der Waals surface area (Å²) in [4.78, 5) is 0. The van der Waals surface area contributed by atoms with Crippen LogP contribution in [0.15, 0.2) is 5.10 Å². The topological polar surface area (TPSA) is 38.4 Å². The zero-order valence-corrected chi connectivity index (χ0v) is 5.39. The van der Waals surface area contributed by atoms with Crippen LogP contribution >= 0.6 is 0 Å². The molecule has 0 spiro atoms. The van der Waals surface area contributed by atoms with Gasteiger partial charge in [-0.2, -0.15) is 0 Å². The van der Waals surface area contributed by atoms with Crippen LogP contribution in [0.2, 0.25) is 0 Å². The van der Waals surface area contributed by atoms with Gasteiger partial charge in [0.05, 0.1) is 20.5 Å². The average Bonchev–Trinajstić information content (AvgIpc) is 1.82. The van der Waals surface area contributed by atoms with Crippen molar-refractivity contribution in [2.24, 2.45) is 10.8 Å². The molecule has 0 aliphatic carbocycles. The molecule has 3 nitrogen and oxygen atoms in total. The highest BCUT2D eigenvalue weighted by Gasteiger charge is 2.21. The molecule has 0 saturated carbocycles. The second-order valence-corrected chi connectivity index (χ2v) is 2.69. The normalized spacial score (nSPS) is 25.5. The smallest absolute Gasteiger partial charge is 0.161 e. The number of hydrogen-bond donors (Lipinski definition) is 1. The van der Waals surface area contributed by atoms with E-state index in [1.165, 1.54) is 0 Å². The highest BCUT2D eigenvalue weighted by molar-refractivity contribution is 5.80. The fourth-order valence-corrected chi connectivity index (χ4v) is 0.836. The van der Waals surface area contributed by atoms with Crippen molar-refractivity contribution in [3.63, 3.8) is 0 Å². The van der Waals surface area contributed by atoms with Gasteiger partial charge in [-0.25, -0.2) is 4.59 Å². The van der Waals surface area contributed by atoms with E-state index in [4.69, 9.17) is 5.73 Å². The minimum absolute atomic E-state index is 0.700. The lowest BCUT2D eigenvalue weighted by atomic mass is 10.4. The van der Waals surface area contributed by atoms with E-state index in [0.29, 0.717) is 4.59 Å². The maximum Gasteiger partial charge on any atom is 0.161 e. The molecule has 0 atom stereocenters. The van der Waals surface area contributed by atoms with Crippen molar-refractivity contribution in [1.29, 1.82) is 0 Å². The van der Waals surface area contributed by atoms with Crippen LogP contribution in [0.5, 0.6) is 0 Å². The van der Waals surface area contributed by atoms with E-state index in [2.05, 4.69) is 5.10 Å². The molecule has 1 heterocycles. The summed E-state index contributed by atoms with van der Waals surface area (Å²) in [5.74, 6) is 0.787. The Labute approximate surface area is 49.4 Å². The molecule has 1 aliphatic heterocycles. The maximum absolute atomic E-state index is 5.44. The molecule has 0 aromatic heterocycles. The van der Waals surface area contributed by atoms with Crippen LogP contribution in [0.1, 0.15) is 6.42 Å². The Morgan fingerprint density at radius 2 is 2.25 bits per heavy atom. The monoisotopic (exact) mass is 114 g/mol. The Kier molecular flexibility index (Phi) is 1.01. The first-order valence-electron chi connectivity index (χ1n) is 2.78. The standard InChI is InChI=1S/C5H12N3/c1-8(2)4-3-5(6)7-8/h3-4H2,1-2H3,(H2,6,7)/q+1. The summed E-state index contributed by atoms with van der Waals surface area (Å²) in [6.07, 6.45) is 0.951. The van der Waals surface area contributed by atoms with Crippen LogP contribution < -0.4 is 5.73 Å². The summed E-state index contributed by atoms with van der Waals surface area (Å²) in [6.45, 7) is 1.05. The SMILES string of the molecule is C[N+]1(C)CCC(N)=N1. The molecule has 0 saturated heterocycles. The second kappa shape index (κ2) is 1.45. The molecule has 3 heteroatoms. The number of quaternary nitrogens is 1. The summed E-state index contributed by atoms with van der Waals surface area (Å²) in [6, 6.07) is 0. The molecule has 0 aromatic carbocycles. The van der Waals surface area contributed by atoms with Gasteiger partial charge in [-0.15, -0.1) is 0 Å². The van der Waals surface area contributed by atoms with Gasteiger partial charge in [0.25, 0.3) is 0 Å². The lowest BCUT2D eigenvalue weighted by molar-refractivity contribution is -0.891. The molecule has 0 amide bonds. The third-order valence-electron chi connectivity index (χ3n) is 1.31. The predicted molar refractivity (Wildman–Crippen MR) is 33.2 cm³/mol. The van der Waals surface area contributed by atoms with Gasteiger partial charge in [0, 0.05) is 0 Å². The Morgan fingerprint density at radius 1 is 1.62 bits per heavy atom. The van der Waals surface area contributed by atoms with Crippen LogP contribution in [0, 0.1) is 0 Å². The molecular weight excluding hydrogens is 102 g/mol. The largest absolute Gasteiger partial charge is 0.383 e. The molecule has 46 valence electrons. The van der Waals surface area contributed by atoms with E-state index in [9.17, 15) is 0 Å². The molecule has 0 radical (unpaired) electrons. The van der Waals surface area contributed by atoms with Crippen LogP contribution in [0.3, 0.4) is 0 Å². The molecule has 0 unspecified atom stereocenters. The van der Waals surface area contributed by atoms with Gasteiger partial charge < -0.3 is 5.73 Å². The van der Waals surface area contributed by atoms with Crippen molar-refractivity contribution in [3.05, 3.63) is 0 Å². The molecule has 1 aliphatic rings. The number of hydrogen-bond acceptors (Lipinski definition) is 2. The fourth-order valence-electron chi connectivity index (χ4n) is 0.836. The lowest BCUT2D eigenvalue weighted by Gasteiger charge is -2.14. The van der Waals surface area contributed by atoms with Gasteiger partial charge in [0.15, 0.2) is 5.84 Å². The zero-order chi connectivity index (χ0) is 6.20. The van der Waals surface area contributed by atoms with Gasteiger partial charge >= 0.3 is 0 Å². The molecular formula is C5H12N3+. The van der Waals surface area contributed by atoms with Crippen molar-refractivity contribution < 1.29 is 4.59 Å². The van der Waals surface area contributed by atoms with Gasteiger partial charge in [0.1, 0.15) is 6.54 Å². The van der Waals surface area contributed by atoms with Crippen molar-refractivity contribution >= 4 is 5.84 Å². The lowest BCUT2D eigenvalue weighted by Crippen LogP contribution is -2.29. The summed E-state index contributed by atoms with van der Waals surface area (Å²) < 4.78 is 0.700. The minimum Gasteiger partial charge on any atom is -0.383 e. The summed E-state index contributed by atoms with van der Waals surface area (Å²) in [5, 5.41) is 4.15. The van der Waals surface area contributed by atoms with Crippen molar-refractivity contribution in [3.8, 4) is 0 Å². The van der Waals surface area contributed by atoms with E-state index < -0.39 is 0 Å². The molecule has 2 N–H and O–H groups in total. The Morgan fingerprint density at radius 3 is 2.38 bits per heavy atom. The summed E-state index contributed by atoms with van der Waals surface area (Å²) in [5.41, 5.74) is 5.44. The molecule has 0 fully saturated rings. The van der Waals surface area contributed by atoms with Crippen molar-refractivity contribution in [2.45, 2.75) is 6.42 Å². The van der Waals surface area contributed by atoms with E-state index in [1.807, 2.05) is 14.1 Å². The number of nitrogens with zero attached hydrogens (tertiary/aromatic N) is 2. The Bertz CT molecular complexity index is 126. The highest BCUT2D eigenvalue weighted by Crippen LogP contribution is 2.07.